The van der Waals surface area contributed by atoms with E-state index in [1.807, 2.05) is 6.20 Å². The van der Waals surface area contributed by atoms with Crippen molar-refractivity contribution in [3.63, 3.8) is 0 Å². The van der Waals surface area contributed by atoms with Crippen LogP contribution >= 0.6 is 23.1 Å². The maximum atomic E-state index is 12.7. The van der Waals surface area contributed by atoms with Gasteiger partial charge in [0, 0.05) is 30.4 Å². The third-order valence-electron chi connectivity index (χ3n) is 4.49. The van der Waals surface area contributed by atoms with Gasteiger partial charge >= 0.3 is 0 Å². The molecular weight excluding hydrogens is 382 g/mol. The van der Waals surface area contributed by atoms with Gasteiger partial charge in [-0.05, 0) is 48.8 Å². The highest BCUT2D eigenvalue weighted by Gasteiger charge is 2.32. The molecule has 0 bridgehead atoms. The Morgan fingerprint density at radius 3 is 2.72 bits per heavy atom. The average molecular weight is 398 g/mol. The first-order valence-electron chi connectivity index (χ1n) is 7.87. The second kappa shape index (κ2) is 6.31. The summed E-state index contributed by atoms with van der Waals surface area (Å²) in [5, 5.41) is 4.80. The molecule has 0 radical (unpaired) electrons. The molecule has 1 aliphatic heterocycles. The molecule has 0 aromatic carbocycles. The highest BCUT2D eigenvalue weighted by atomic mass is 35.5. The second-order valence-electron chi connectivity index (χ2n) is 6.11. The number of aryl methyl sites for hydroxylation is 1. The van der Waals surface area contributed by atoms with Gasteiger partial charge in [-0.2, -0.15) is 13.8 Å². The van der Waals surface area contributed by atoms with Crippen molar-refractivity contribution in [1.82, 2.24) is 23.3 Å². The molecule has 4 heterocycles. The number of nitrogens with zero attached hydrogens (tertiary/aromatic N) is 5. The smallest absolute Gasteiger partial charge is 0.221 e. The predicted molar refractivity (Wildman–Crippen MR) is 95.6 cm³/mol. The second-order valence-corrected chi connectivity index (χ2v) is 9.48. The molecule has 1 aliphatic rings. The van der Waals surface area contributed by atoms with E-state index in [0.29, 0.717) is 28.0 Å². The van der Waals surface area contributed by atoms with Gasteiger partial charge in [-0.25, -0.2) is 17.9 Å². The Morgan fingerprint density at radius 1 is 1.28 bits per heavy atom. The zero-order valence-corrected chi connectivity index (χ0v) is 15.9. The zero-order chi connectivity index (χ0) is 17.6. The lowest BCUT2D eigenvalue weighted by Crippen LogP contribution is -2.37. The van der Waals surface area contributed by atoms with E-state index in [1.54, 1.807) is 27.9 Å². The van der Waals surface area contributed by atoms with Gasteiger partial charge < -0.3 is 0 Å². The van der Waals surface area contributed by atoms with Gasteiger partial charge in [-0.1, -0.05) is 11.6 Å². The average Bonchev–Trinajstić information content (AvgIpc) is 3.23. The van der Waals surface area contributed by atoms with Crippen LogP contribution < -0.4 is 0 Å². The van der Waals surface area contributed by atoms with Crippen LogP contribution in [0.3, 0.4) is 0 Å². The van der Waals surface area contributed by atoms with E-state index in [-0.39, 0.29) is 5.92 Å². The van der Waals surface area contributed by atoms with Crippen LogP contribution in [0.25, 0.3) is 5.65 Å². The minimum Gasteiger partial charge on any atom is -0.221 e. The summed E-state index contributed by atoms with van der Waals surface area (Å²) in [5.41, 5.74) is 2.42. The predicted octanol–water partition coefficient (Wildman–Crippen LogP) is 2.72. The van der Waals surface area contributed by atoms with Crippen LogP contribution in [0.5, 0.6) is 0 Å². The minimum atomic E-state index is -3.45. The molecule has 0 amide bonds. The summed E-state index contributed by atoms with van der Waals surface area (Å²) in [7, 11) is -3.45. The molecule has 7 nitrogen and oxygen atoms in total. The highest BCUT2D eigenvalue weighted by Crippen LogP contribution is 2.35. The fourth-order valence-corrected chi connectivity index (χ4v) is 6.03. The molecule has 132 valence electrons. The van der Waals surface area contributed by atoms with Crippen molar-refractivity contribution in [3.8, 4) is 0 Å². The largest absolute Gasteiger partial charge is 0.254 e. The molecule has 0 atom stereocenters. The van der Waals surface area contributed by atoms with Crippen LogP contribution in [0.4, 0.5) is 0 Å². The summed E-state index contributed by atoms with van der Waals surface area (Å²) in [6.45, 7) is 2.73. The number of fused-ring (bicyclic) bond motifs is 1. The van der Waals surface area contributed by atoms with Gasteiger partial charge in [0.25, 0.3) is 10.0 Å². The molecule has 3 aromatic heterocycles. The lowest BCUT2D eigenvalue weighted by Gasteiger charge is -2.31. The first kappa shape index (κ1) is 16.9. The summed E-state index contributed by atoms with van der Waals surface area (Å²) in [6, 6.07) is 3.43. The van der Waals surface area contributed by atoms with E-state index in [9.17, 15) is 8.42 Å². The molecule has 3 aromatic rings. The summed E-state index contributed by atoms with van der Waals surface area (Å²) in [4.78, 5) is 4.12. The van der Waals surface area contributed by atoms with Crippen LogP contribution in [-0.2, 0) is 10.0 Å². The first-order chi connectivity index (χ1) is 11.9. The van der Waals surface area contributed by atoms with Crippen molar-refractivity contribution in [2.45, 2.75) is 29.9 Å². The summed E-state index contributed by atoms with van der Waals surface area (Å²) in [5.74, 6) is 0.204. The van der Waals surface area contributed by atoms with Crippen LogP contribution in [0, 0.1) is 6.92 Å². The quantitative estimate of drug-likeness (QED) is 0.678. The molecule has 0 spiro atoms. The number of rotatable bonds is 3. The molecule has 10 heteroatoms. The third kappa shape index (κ3) is 3.05. The van der Waals surface area contributed by atoms with Gasteiger partial charge in [0.15, 0.2) is 9.86 Å². The van der Waals surface area contributed by atoms with Crippen LogP contribution in [0.15, 0.2) is 28.9 Å². The number of piperidine rings is 1. The normalized spacial score (nSPS) is 17.4. The number of aromatic nitrogens is 4. The van der Waals surface area contributed by atoms with Crippen molar-refractivity contribution in [1.29, 1.82) is 0 Å². The molecule has 4 rings (SSSR count). The summed E-state index contributed by atoms with van der Waals surface area (Å²) >= 11 is 7.43. The topological polar surface area (TPSA) is 80.5 Å². The van der Waals surface area contributed by atoms with E-state index in [0.717, 1.165) is 35.6 Å². The molecule has 0 N–H and O–H groups in total. The van der Waals surface area contributed by atoms with Crippen molar-refractivity contribution in [2.75, 3.05) is 13.1 Å². The van der Waals surface area contributed by atoms with Crippen molar-refractivity contribution in [3.05, 3.63) is 40.9 Å². The van der Waals surface area contributed by atoms with E-state index >= 15 is 0 Å². The Hall–Kier alpha value is -1.55. The number of pyridine rings is 1. The van der Waals surface area contributed by atoms with Gasteiger partial charge in [0.1, 0.15) is 6.33 Å². The van der Waals surface area contributed by atoms with E-state index in [1.165, 1.54) is 6.33 Å². The maximum absolute atomic E-state index is 12.7. The zero-order valence-electron chi connectivity index (χ0n) is 13.5. The Morgan fingerprint density at radius 2 is 2.04 bits per heavy atom. The third-order valence-corrected chi connectivity index (χ3v) is 8.02. The van der Waals surface area contributed by atoms with Crippen molar-refractivity contribution in [2.24, 2.45) is 0 Å². The lowest BCUT2D eigenvalue weighted by atomic mass is 9.91. The Bertz CT molecular complexity index is 1020. The molecule has 1 fully saturated rings. The number of halogens is 1. The van der Waals surface area contributed by atoms with E-state index in [2.05, 4.69) is 14.5 Å². The fraction of sp³-hybridized carbons (Fsp3) is 0.400. The van der Waals surface area contributed by atoms with Crippen LogP contribution in [0.1, 0.15) is 30.0 Å². The molecule has 25 heavy (non-hydrogen) atoms. The maximum Gasteiger partial charge on any atom is 0.254 e. The Labute approximate surface area is 154 Å². The van der Waals surface area contributed by atoms with Gasteiger partial charge in [0.05, 0.1) is 5.69 Å². The van der Waals surface area contributed by atoms with E-state index < -0.39 is 10.0 Å². The molecular formula is C15H16ClN5O2S2. The van der Waals surface area contributed by atoms with Crippen LogP contribution in [-0.4, -0.2) is 44.8 Å². The minimum absolute atomic E-state index is 0.204. The highest BCUT2D eigenvalue weighted by molar-refractivity contribution is 7.91. The number of hydrogen-bond donors (Lipinski definition) is 0. The SMILES string of the molecule is Cc1cc(S(=O)(=O)N2CCC(c3cn4ncnc4cc3Cl)CC2)sn1. The summed E-state index contributed by atoms with van der Waals surface area (Å²) < 4.78 is 33.0. The molecule has 0 unspecified atom stereocenters. The van der Waals surface area contributed by atoms with Gasteiger partial charge in [0.2, 0.25) is 0 Å². The standard InChI is InChI=1S/C15H16ClN5O2S2/c1-10-6-15(24-19-10)25(22,23)20-4-2-11(3-5-20)12-8-21-14(7-13(12)16)17-9-18-21/h6-9,11H,2-5H2,1H3. The van der Waals surface area contributed by atoms with Crippen molar-refractivity contribution < 1.29 is 8.42 Å². The monoisotopic (exact) mass is 397 g/mol. The van der Waals surface area contributed by atoms with Crippen molar-refractivity contribution >= 4 is 38.8 Å². The first-order valence-corrected chi connectivity index (χ1v) is 10.5. The Kier molecular flexibility index (Phi) is 4.27. The molecule has 0 saturated carbocycles. The fourth-order valence-electron chi connectivity index (χ4n) is 3.15. The van der Waals surface area contributed by atoms with Gasteiger partial charge in [-0.15, -0.1) is 0 Å². The summed E-state index contributed by atoms with van der Waals surface area (Å²) in [6.07, 6.45) is 4.82. The van der Waals surface area contributed by atoms with Gasteiger partial charge in [-0.3, -0.25) is 0 Å². The Balaban J connectivity index is 1.53. The van der Waals surface area contributed by atoms with Crippen LogP contribution in [0.2, 0.25) is 5.02 Å². The number of hydrogen-bond acceptors (Lipinski definition) is 6. The number of sulfonamides is 1. The molecule has 0 aliphatic carbocycles. The molecule has 1 saturated heterocycles. The lowest BCUT2D eigenvalue weighted by molar-refractivity contribution is 0.319. The van der Waals surface area contributed by atoms with E-state index in [4.69, 9.17) is 11.6 Å².